The van der Waals surface area contributed by atoms with Crippen molar-refractivity contribution in [3.8, 4) is 0 Å². The molecule has 17 atom stereocenters. The smallest absolute Gasteiger partial charge is 0.285 e. The fourth-order valence-corrected chi connectivity index (χ4v) is 19.7. The SMILES string of the molecule is C.C=CC(=O)NC[C@H](CC(=O)CC(C)(C)C)C(=O)N1CC2[C@@H]([C@H]1C(=O)CC(CC1CCC1)C(=O)C(N)=O)C2(C)C.C=CC(=O)NC[C@H](CC(=O)CC(C)(C)C)C(=O)N1CC2[C@@H]([C@H]1C(=O)CC(CC1CCC1)C(O)C(N)=O)C2(C)C.CC(C)(C)CC(=O)C[C@@H](CN)C(=O)N1CC2[C@@H]([C@H]1C(=O)CC(CC1CCC1)C(O)C(N)=O)C2(C)C.Cl.[I-]. The number of aliphatic hydroxyl groups is 2. The lowest BCUT2D eigenvalue weighted by molar-refractivity contribution is -0.145. The number of aliphatic hydroxyl groups excluding tert-OH is 2. The van der Waals surface area contributed by atoms with Gasteiger partial charge in [0, 0.05) is 115 Å². The van der Waals surface area contributed by atoms with Crippen LogP contribution >= 0.6 is 12.4 Å². The van der Waals surface area contributed by atoms with Crippen LogP contribution in [-0.2, 0) is 71.9 Å². The molecule has 0 aromatic rings. The minimum Gasteiger partial charge on any atom is -1.00 e. The zero-order chi connectivity index (χ0) is 84.9. The van der Waals surface area contributed by atoms with E-state index in [2.05, 4.69) is 65.3 Å². The minimum atomic E-state index is -1.42. The first-order valence-corrected chi connectivity index (χ1v) is 41.6. The number of ketones is 7. The molecule has 12 N–H and O–H groups in total. The van der Waals surface area contributed by atoms with Crippen molar-refractivity contribution in [3.05, 3.63) is 25.3 Å². The maximum Gasteiger partial charge on any atom is 0.285 e. The number of rotatable bonds is 40. The Kier molecular flexibility index (Phi) is 36.5. The Balaban J connectivity index is 0.000000362. The Morgan fingerprint density at radius 2 is 0.724 bits per heavy atom. The van der Waals surface area contributed by atoms with Gasteiger partial charge in [0.1, 0.15) is 29.6 Å². The molecule has 3 heterocycles. The molecule has 9 fully saturated rings. The summed E-state index contributed by atoms with van der Waals surface area (Å²) in [6, 6.07) is -2.05. The Morgan fingerprint density at radius 1 is 0.448 bits per heavy atom. The first kappa shape index (κ1) is 102. The van der Waals surface area contributed by atoms with Crippen LogP contribution in [0, 0.1) is 121 Å². The molecule has 26 nitrogen and oxygen atoms in total. The fraction of sp³-hybridized carbons (Fsp3) is 0.784. The number of carbonyl (C=O) groups excluding carboxylic acids is 15. The molecule has 0 radical (unpaired) electrons. The van der Waals surface area contributed by atoms with E-state index in [0.717, 1.165) is 69.9 Å². The van der Waals surface area contributed by atoms with Gasteiger partial charge in [-0.3, -0.25) is 71.9 Å². The predicted molar refractivity (Wildman–Crippen MR) is 440 cm³/mol. The third kappa shape index (κ3) is 26.2. The number of nitrogens with two attached hydrogens (primary N) is 4. The number of halogens is 2. The number of Topliss-reactive ketones (excluding diaryl/α,β-unsaturated/α-hetero) is 7. The molecule has 0 bridgehead atoms. The van der Waals surface area contributed by atoms with Gasteiger partial charge in [-0.05, 0) is 117 Å². The summed E-state index contributed by atoms with van der Waals surface area (Å²) in [7, 11) is 0. The van der Waals surface area contributed by atoms with E-state index in [1.54, 1.807) is 14.7 Å². The number of piperidine rings is 3. The van der Waals surface area contributed by atoms with Crippen LogP contribution in [0.5, 0.6) is 0 Å². The highest BCUT2D eigenvalue weighted by molar-refractivity contribution is 6.36. The summed E-state index contributed by atoms with van der Waals surface area (Å²) in [6.45, 7) is 38.3. The summed E-state index contributed by atoms with van der Waals surface area (Å²) in [4.78, 5) is 198. The minimum absolute atomic E-state index is 0. The molecular formula is C88H142ClIN9O17-. The zero-order valence-electron chi connectivity index (χ0n) is 71.2. The van der Waals surface area contributed by atoms with Crippen molar-refractivity contribution in [2.45, 2.75) is 276 Å². The van der Waals surface area contributed by atoms with E-state index >= 15 is 0 Å². The molecule has 0 spiro atoms. The number of carbonyl (C=O) groups is 15. The lowest BCUT2D eigenvalue weighted by atomic mass is 9.75. The summed E-state index contributed by atoms with van der Waals surface area (Å²) >= 11 is 0. The van der Waals surface area contributed by atoms with Crippen LogP contribution in [0.2, 0.25) is 0 Å². The molecule has 9 rings (SSSR count). The average Bonchev–Trinajstić information content (AvgIpc) is 1.54. The lowest BCUT2D eigenvalue weighted by Gasteiger charge is -2.35. The third-order valence-corrected chi connectivity index (χ3v) is 26.8. The number of likely N-dealkylation sites (tertiary alicyclic amines) is 3. The molecule has 9 aliphatic rings. The highest BCUT2D eigenvalue weighted by Gasteiger charge is 2.72. The second-order valence-corrected chi connectivity index (χ2v) is 40.6. The predicted octanol–water partition coefficient (Wildman–Crippen LogP) is 5.11. The molecule has 3 aliphatic heterocycles. The van der Waals surface area contributed by atoms with Crippen LogP contribution in [0.15, 0.2) is 25.3 Å². The first-order valence-electron chi connectivity index (χ1n) is 41.6. The molecule has 3 saturated heterocycles. The van der Waals surface area contributed by atoms with Gasteiger partial charge in [-0.15, -0.1) is 12.4 Å². The van der Waals surface area contributed by atoms with E-state index in [-0.39, 0.29) is 229 Å². The van der Waals surface area contributed by atoms with Gasteiger partial charge in [0.05, 0.1) is 35.9 Å². The molecule has 28 heteroatoms. The molecule has 0 aromatic heterocycles. The Bertz CT molecular complexity index is 3620. The molecule has 656 valence electrons. The maximum absolute atomic E-state index is 13.9. The summed E-state index contributed by atoms with van der Waals surface area (Å²) < 4.78 is 0. The van der Waals surface area contributed by atoms with E-state index in [1.807, 2.05) is 62.3 Å². The standard InChI is InChI=1S/C30H47N3O6.C30H45N3O6.C27H45N3O5.CH4.ClH.HI/c2*1-7-23(36)32-15-19(12-20(34)14-29(2,3)4)28(39)33-16-21-24(30(21,5)6)25(33)22(35)13-18(26(37)27(31)38)11-17-9-8-10-17;1-26(2,3)12-18(31)10-17(13-28)25(35)30-14-19-21(27(19,4)5)22(30)20(32)11-16(23(33)24(29)34)9-15-7-6-8-15;;;/h7,17-19,21,24-26,37H,1,8-16H2,2-6H3,(H2,31,38)(H,32,36);7,17-19,21,24-25H,1,8-16H2,2-6H3,(H2,31,38)(H,32,36);15-17,19,21-23,33H,6-14,28H2,1-5H3,(H2,29,34);1H4;2*1H/p-1/t18?,19-,21?,24-,25+,26?;18?,19-,21?,24-,25+;16?,17-,19?,21-,22+,23?;;;/m000.../s1. The summed E-state index contributed by atoms with van der Waals surface area (Å²) in [5, 5.41) is 26.3. The molecule has 0 aromatic carbocycles. The van der Waals surface area contributed by atoms with Crippen molar-refractivity contribution in [2.75, 3.05) is 39.3 Å². The second kappa shape index (κ2) is 41.4. The van der Waals surface area contributed by atoms with E-state index in [1.165, 1.54) is 0 Å². The van der Waals surface area contributed by atoms with Gasteiger partial charge < -0.3 is 82.5 Å². The van der Waals surface area contributed by atoms with Crippen LogP contribution in [0.25, 0.3) is 0 Å². The van der Waals surface area contributed by atoms with E-state index < -0.39 is 101 Å². The van der Waals surface area contributed by atoms with Gasteiger partial charge in [0.2, 0.25) is 47.1 Å². The summed E-state index contributed by atoms with van der Waals surface area (Å²) in [6.07, 6.45) is 11.1. The highest BCUT2D eigenvalue weighted by atomic mass is 127. The van der Waals surface area contributed by atoms with Crippen LogP contribution in [-0.4, -0.2) is 182 Å². The number of nitrogens with one attached hydrogen (secondary N) is 2. The average molecular weight is 1760 g/mol. The quantitative estimate of drug-likeness (QED) is 0.0224. The second-order valence-electron chi connectivity index (χ2n) is 40.6. The van der Waals surface area contributed by atoms with E-state index in [9.17, 15) is 82.1 Å². The van der Waals surface area contributed by atoms with E-state index in [4.69, 9.17) is 22.9 Å². The van der Waals surface area contributed by atoms with Crippen molar-refractivity contribution in [2.24, 2.45) is 144 Å². The molecule has 8 amide bonds. The number of fused-ring (bicyclic) bond motifs is 3. The Labute approximate surface area is 712 Å². The lowest BCUT2D eigenvalue weighted by Crippen LogP contribution is -3.00. The highest BCUT2D eigenvalue weighted by Crippen LogP contribution is 2.67. The Morgan fingerprint density at radius 3 is 0.974 bits per heavy atom. The third-order valence-electron chi connectivity index (χ3n) is 26.8. The summed E-state index contributed by atoms with van der Waals surface area (Å²) in [5.41, 5.74) is 21.1. The van der Waals surface area contributed by atoms with Crippen LogP contribution in [0.1, 0.15) is 246 Å². The van der Waals surface area contributed by atoms with Gasteiger partial charge in [0.15, 0.2) is 17.3 Å². The zero-order valence-corrected chi connectivity index (χ0v) is 74.1. The van der Waals surface area contributed by atoms with Crippen LogP contribution in [0.3, 0.4) is 0 Å². The topological polar surface area (TPSA) is 434 Å². The number of hydrogen-bond acceptors (Lipinski definition) is 18. The largest absolute Gasteiger partial charge is 1.00 e. The van der Waals surface area contributed by atoms with Crippen molar-refractivity contribution < 1.29 is 106 Å². The molecule has 116 heavy (non-hydrogen) atoms. The van der Waals surface area contributed by atoms with Gasteiger partial charge in [-0.2, -0.15) is 0 Å². The Hall–Kier alpha value is -6.17. The molecule has 6 saturated carbocycles. The number of primary amides is 3. The van der Waals surface area contributed by atoms with Crippen molar-refractivity contribution in [3.63, 3.8) is 0 Å². The monoisotopic (exact) mass is 1760 g/mol. The van der Waals surface area contributed by atoms with E-state index in [0.29, 0.717) is 69.5 Å². The molecule has 6 aliphatic carbocycles. The maximum atomic E-state index is 13.9. The van der Waals surface area contributed by atoms with Gasteiger partial charge in [-0.25, -0.2) is 0 Å². The number of hydrogen-bond donors (Lipinski definition) is 8. The molecular weight excluding hydrogens is 1620 g/mol. The van der Waals surface area contributed by atoms with Crippen LogP contribution in [0.4, 0.5) is 0 Å². The fourth-order valence-electron chi connectivity index (χ4n) is 19.7. The van der Waals surface area contributed by atoms with Gasteiger partial charge >= 0.3 is 0 Å². The van der Waals surface area contributed by atoms with Crippen molar-refractivity contribution in [1.29, 1.82) is 0 Å². The number of nitrogens with zero attached hydrogens (tertiary/aromatic N) is 3. The normalized spacial score (nSPS) is 25.6. The van der Waals surface area contributed by atoms with Crippen molar-refractivity contribution >= 4 is 100 Å². The van der Waals surface area contributed by atoms with Gasteiger partial charge in [0.25, 0.3) is 5.91 Å². The number of amides is 8. The van der Waals surface area contributed by atoms with Gasteiger partial charge in [-0.1, -0.05) is 182 Å². The van der Waals surface area contributed by atoms with Crippen LogP contribution < -0.4 is 57.5 Å². The van der Waals surface area contributed by atoms with Crippen molar-refractivity contribution in [1.82, 2.24) is 25.3 Å². The first-order chi connectivity index (χ1) is 52.3. The molecule has 8 unspecified atom stereocenters. The summed E-state index contributed by atoms with van der Waals surface area (Å²) in [5.74, 6) is -8.62.